The molecule has 2 aromatic rings. The topological polar surface area (TPSA) is 61.6 Å². The van der Waals surface area contributed by atoms with Gasteiger partial charge in [0.2, 0.25) is 0 Å². The minimum absolute atomic E-state index is 0.0264. The molecule has 1 aromatic heterocycles. The van der Waals surface area contributed by atoms with E-state index in [1.165, 1.54) is 12.1 Å². The maximum absolute atomic E-state index is 13.4. The van der Waals surface area contributed by atoms with Gasteiger partial charge < -0.3 is 14.7 Å². The summed E-state index contributed by atoms with van der Waals surface area (Å²) in [7, 11) is 0. The Labute approximate surface area is 158 Å². The van der Waals surface area contributed by atoms with Crippen molar-refractivity contribution in [2.24, 2.45) is 0 Å². The summed E-state index contributed by atoms with van der Waals surface area (Å²) >= 11 is 0. The standard InChI is InChI=1S/C20H27FN4O2/c1-4-20(12-22-19(26)25(20)13(2)3)24-9-7-14(8-10-24)18-16-6-5-15(21)11-17(16)27-23-18/h5-6,11,13-14H,4,7-10,12H2,1-3H3,(H,22,26). The number of rotatable bonds is 4. The van der Waals surface area contributed by atoms with E-state index in [0.29, 0.717) is 18.0 Å². The number of hydrogen-bond acceptors (Lipinski definition) is 4. The van der Waals surface area contributed by atoms with Gasteiger partial charge >= 0.3 is 6.03 Å². The Morgan fingerprint density at radius 1 is 1.37 bits per heavy atom. The number of benzene rings is 1. The largest absolute Gasteiger partial charge is 0.356 e. The van der Waals surface area contributed by atoms with Gasteiger partial charge in [-0.15, -0.1) is 0 Å². The predicted octanol–water partition coefficient (Wildman–Crippen LogP) is 3.69. The smallest absolute Gasteiger partial charge is 0.319 e. The van der Waals surface area contributed by atoms with E-state index in [1.807, 2.05) is 4.90 Å². The quantitative estimate of drug-likeness (QED) is 0.887. The third-order valence-electron chi connectivity index (χ3n) is 6.20. The average Bonchev–Trinajstić information content (AvgIpc) is 3.23. The summed E-state index contributed by atoms with van der Waals surface area (Å²) in [6, 6.07) is 4.79. The molecule has 4 rings (SSSR count). The van der Waals surface area contributed by atoms with Gasteiger partial charge in [-0.2, -0.15) is 0 Å². The lowest BCUT2D eigenvalue weighted by molar-refractivity contribution is -0.0365. The van der Waals surface area contributed by atoms with Crippen molar-refractivity contribution in [2.75, 3.05) is 19.6 Å². The second-order valence-corrected chi connectivity index (χ2v) is 7.93. The highest BCUT2D eigenvalue weighted by molar-refractivity contribution is 5.80. The molecule has 7 heteroatoms. The number of carbonyl (C=O) groups excluding carboxylic acids is 1. The number of halogens is 1. The summed E-state index contributed by atoms with van der Waals surface area (Å²) in [6.07, 6.45) is 2.78. The molecule has 0 saturated carbocycles. The second kappa shape index (κ2) is 6.78. The van der Waals surface area contributed by atoms with Crippen molar-refractivity contribution >= 4 is 17.0 Å². The first kappa shape index (κ1) is 18.2. The molecule has 1 unspecified atom stereocenters. The Bertz CT molecular complexity index is 844. The minimum Gasteiger partial charge on any atom is -0.356 e. The van der Waals surface area contributed by atoms with Gasteiger partial charge in [-0.05, 0) is 45.2 Å². The van der Waals surface area contributed by atoms with Gasteiger partial charge in [-0.3, -0.25) is 4.90 Å². The van der Waals surface area contributed by atoms with E-state index >= 15 is 0 Å². The van der Waals surface area contributed by atoms with Crippen molar-refractivity contribution in [2.45, 2.75) is 57.7 Å². The average molecular weight is 374 g/mol. The molecular formula is C20H27FN4O2. The van der Waals surface area contributed by atoms with Crippen molar-refractivity contribution in [1.82, 2.24) is 20.3 Å². The van der Waals surface area contributed by atoms with Gasteiger partial charge in [0.25, 0.3) is 0 Å². The Balaban J connectivity index is 1.53. The molecule has 0 spiro atoms. The molecule has 6 nitrogen and oxygen atoms in total. The lowest BCUT2D eigenvalue weighted by Gasteiger charge is -2.49. The molecule has 1 aromatic carbocycles. The highest BCUT2D eigenvalue weighted by Crippen LogP contribution is 2.38. The summed E-state index contributed by atoms with van der Waals surface area (Å²) in [5.41, 5.74) is 1.18. The van der Waals surface area contributed by atoms with Crippen LogP contribution in [-0.4, -0.2) is 52.3 Å². The molecule has 0 aliphatic carbocycles. The van der Waals surface area contributed by atoms with Crippen LogP contribution in [0.3, 0.4) is 0 Å². The molecule has 2 saturated heterocycles. The van der Waals surface area contributed by atoms with Crippen molar-refractivity contribution in [1.29, 1.82) is 0 Å². The Hall–Kier alpha value is -2.15. The van der Waals surface area contributed by atoms with E-state index in [2.05, 4.69) is 36.1 Å². The van der Waals surface area contributed by atoms with Crippen LogP contribution in [0.1, 0.15) is 51.6 Å². The van der Waals surface area contributed by atoms with Gasteiger partial charge in [0.1, 0.15) is 11.5 Å². The number of nitrogens with one attached hydrogen (secondary N) is 1. The third kappa shape index (κ3) is 2.88. The summed E-state index contributed by atoms with van der Waals surface area (Å²) in [6.45, 7) is 8.75. The zero-order valence-corrected chi connectivity index (χ0v) is 16.2. The number of nitrogens with zero attached hydrogens (tertiary/aromatic N) is 3. The molecule has 2 fully saturated rings. The fourth-order valence-electron chi connectivity index (χ4n) is 4.87. The Morgan fingerprint density at radius 2 is 2.11 bits per heavy atom. The molecule has 1 N–H and O–H groups in total. The number of amides is 2. The fourth-order valence-corrected chi connectivity index (χ4v) is 4.87. The maximum atomic E-state index is 13.4. The SMILES string of the molecule is CCC1(N2CCC(c3noc4cc(F)ccc34)CC2)CNC(=O)N1C(C)C. The van der Waals surface area contributed by atoms with Gasteiger partial charge in [0.15, 0.2) is 5.58 Å². The van der Waals surface area contributed by atoms with E-state index in [1.54, 1.807) is 6.07 Å². The number of hydrogen-bond donors (Lipinski definition) is 1. The fraction of sp³-hybridized carbons (Fsp3) is 0.600. The van der Waals surface area contributed by atoms with Crippen molar-refractivity contribution in [3.05, 3.63) is 29.7 Å². The molecule has 146 valence electrons. The molecule has 3 heterocycles. The molecule has 2 aliphatic heterocycles. The van der Waals surface area contributed by atoms with Crippen LogP contribution in [0.15, 0.2) is 22.7 Å². The number of aromatic nitrogens is 1. The first-order chi connectivity index (χ1) is 13.0. The molecule has 0 radical (unpaired) electrons. The van der Waals surface area contributed by atoms with E-state index in [-0.39, 0.29) is 23.6 Å². The van der Waals surface area contributed by atoms with Crippen LogP contribution < -0.4 is 5.32 Å². The minimum atomic E-state index is -0.308. The first-order valence-corrected chi connectivity index (χ1v) is 9.83. The number of piperidine rings is 1. The summed E-state index contributed by atoms with van der Waals surface area (Å²) in [5, 5.41) is 8.18. The van der Waals surface area contributed by atoms with Gasteiger partial charge in [0.05, 0.1) is 12.2 Å². The number of carbonyl (C=O) groups is 1. The van der Waals surface area contributed by atoms with Gasteiger partial charge in [-0.1, -0.05) is 12.1 Å². The van der Waals surface area contributed by atoms with Crippen LogP contribution in [0, 0.1) is 5.82 Å². The van der Waals surface area contributed by atoms with Gasteiger partial charge in [0, 0.05) is 36.5 Å². The number of urea groups is 1. The van der Waals surface area contributed by atoms with Crippen LogP contribution in [-0.2, 0) is 0 Å². The molecular weight excluding hydrogens is 347 g/mol. The van der Waals surface area contributed by atoms with E-state index in [9.17, 15) is 9.18 Å². The van der Waals surface area contributed by atoms with Crippen LogP contribution in [0.2, 0.25) is 0 Å². The third-order valence-corrected chi connectivity index (χ3v) is 6.20. The molecule has 27 heavy (non-hydrogen) atoms. The highest BCUT2D eigenvalue weighted by Gasteiger charge is 2.50. The van der Waals surface area contributed by atoms with E-state index in [0.717, 1.165) is 43.4 Å². The van der Waals surface area contributed by atoms with Crippen LogP contribution in [0.5, 0.6) is 0 Å². The van der Waals surface area contributed by atoms with Crippen LogP contribution >= 0.6 is 0 Å². The highest BCUT2D eigenvalue weighted by atomic mass is 19.1. The van der Waals surface area contributed by atoms with E-state index < -0.39 is 0 Å². The number of likely N-dealkylation sites (tertiary alicyclic amines) is 1. The van der Waals surface area contributed by atoms with Crippen molar-refractivity contribution in [3.8, 4) is 0 Å². The zero-order valence-electron chi connectivity index (χ0n) is 16.2. The Morgan fingerprint density at radius 3 is 2.78 bits per heavy atom. The van der Waals surface area contributed by atoms with Crippen LogP contribution in [0.25, 0.3) is 11.0 Å². The molecule has 2 aliphatic rings. The molecule has 1 atom stereocenters. The maximum Gasteiger partial charge on any atom is 0.319 e. The normalized spacial score (nSPS) is 24.9. The van der Waals surface area contributed by atoms with E-state index in [4.69, 9.17) is 4.52 Å². The summed E-state index contributed by atoms with van der Waals surface area (Å²) < 4.78 is 18.7. The van der Waals surface area contributed by atoms with Gasteiger partial charge in [-0.25, -0.2) is 9.18 Å². The molecule has 2 amide bonds. The first-order valence-electron chi connectivity index (χ1n) is 9.83. The zero-order chi connectivity index (χ0) is 19.2. The van der Waals surface area contributed by atoms with Crippen molar-refractivity contribution < 1.29 is 13.7 Å². The monoisotopic (exact) mass is 374 g/mol. The number of fused-ring (bicyclic) bond motifs is 1. The molecule has 0 bridgehead atoms. The summed E-state index contributed by atoms with van der Waals surface area (Å²) in [4.78, 5) is 16.8. The van der Waals surface area contributed by atoms with Crippen LogP contribution in [0.4, 0.5) is 9.18 Å². The summed E-state index contributed by atoms with van der Waals surface area (Å²) in [5.74, 6) is -0.0171. The lowest BCUT2D eigenvalue weighted by Crippen LogP contribution is -2.62. The van der Waals surface area contributed by atoms with Crippen molar-refractivity contribution in [3.63, 3.8) is 0 Å². The lowest BCUT2D eigenvalue weighted by atomic mass is 9.89. The second-order valence-electron chi connectivity index (χ2n) is 7.93. The predicted molar refractivity (Wildman–Crippen MR) is 101 cm³/mol. The Kier molecular flexibility index (Phi) is 4.58.